The van der Waals surface area contributed by atoms with Gasteiger partial charge in [0.25, 0.3) is 5.56 Å². The van der Waals surface area contributed by atoms with Gasteiger partial charge in [-0.2, -0.15) is 4.98 Å². The standard InChI is InChI=1S/C11H12N4O3S/c16-9-1-3-15(6-5-14-4-2-12-8-14)11(13-9)19-7-10(17)18/h1-4,8H,5-7H2,(H,17,18). The van der Waals surface area contributed by atoms with Gasteiger partial charge in [-0.25, -0.2) is 4.98 Å². The molecule has 0 aliphatic rings. The minimum atomic E-state index is -0.940. The highest BCUT2D eigenvalue weighted by Crippen LogP contribution is 2.13. The van der Waals surface area contributed by atoms with E-state index in [9.17, 15) is 9.59 Å². The molecule has 0 amide bonds. The van der Waals surface area contributed by atoms with Crippen LogP contribution in [0.3, 0.4) is 0 Å². The zero-order valence-corrected chi connectivity index (χ0v) is 10.8. The number of aliphatic carboxylic acids is 1. The lowest BCUT2D eigenvalue weighted by molar-refractivity contribution is -0.133. The molecule has 7 nitrogen and oxygen atoms in total. The smallest absolute Gasteiger partial charge is 0.313 e. The van der Waals surface area contributed by atoms with Crippen LogP contribution in [0.25, 0.3) is 0 Å². The van der Waals surface area contributed by atoms with Crippen LogP contribution in [0.5, 0.6) is 0 Å². The summed E-state index contributed by atoms with van der Waals surface area (Å²) in [6, 6.07) is 1.36. The SMILES string of the molecule is O=C(O)CSc1nc(=O)ccn1CCn1ccnc1. The minimum absolute atomic E-state index is 0.123. The molecule has 2 aromatic heterocycles. The summed E-state index contributed by atoms with van der Waals surface area (Å²) in [5.41, 5.74) is -0.369. The monoisotopic (exact) mass is 280 g/mol. The zero-order chi connectivity index (χ0) is 13.7. The second-order valence-corrected chi connectivity index (χ2v) is 4.67. The van der Waals surface area contributed by atoms with E-state index >= 15 is 0 Å². The van der Waals surface area contributed by atoms with E-state index in [0.717, 1.165) is 11.8 Å². The molecule has 0 spiro atoms. The first-order valence-corrected chi connectivity index (χ1v) is 6.51. The van der Waals surface area contributed by atoms with Crippen LogP contribution in [0.15, 0.2) is 40.9 Å². The largest absolute Gasteiger partial charge is 0.481 e. The van der Waals surface area contributed by atoms with Crippen molar-refractivity contribution in [1.29, 1.82) is 0 Å². The lowest BCUT2D eigenvalue weighted by Gasteiger charge is -2.11. The second-order valence-electron chi connectivity index (χ2n) is 3.72. The highest BCUT2D eigenvalue weighted by atomic mass is 32.2. The molecule has 100 valence electrons. The normalized spacial score (nSPS) is 10.5. The van der Waals surface area contributed by atoms with E-state index < -0.39 is 5.97 Å². The van der Waals surface area contributed by atoms with Crippen molar-refractivity contribution in [3.8, 4) is 0 Å². The van der Waals surface area contributed by atoms with Gasteiger partial charge in [-0.3, -0.25) is 9.59 Å². The van der Waals surface area contributed by atoms with Crippen molar-refractivity contribution in [2.75, 3.05) is 5.75 Å². The van der Waals surface area contributed by atoms with Crippen LogP contribution in [0, 0.1) is 0 Å². The zero-order valence-electron chi connectivity index (χ0n) is 9.97. The minimum Gasteiger partial charge on any atom is -0.481 e. The number of carbonyl (C=O) groups is 1. The summed E-state index contributed by atoms with van der Waals surface area (Å²) in [4.78, 5) is 29.5. The molecule has 1 N–H and O–H groups in total. The van der Waals surface area contributed by atoms with Crippen molar-refractivity contribution in [3.05, 3.63) is 41.3 Å². The Labute approximate surface area is 112 Å². The molecule has 0 bridgehead atoms. The number of nitrogens with zero attached hydrogens (tertiary/aromatic N) is 4. The average molecular weight is 280 g/mol. The van der Waals surface area contributed by atoms with Gasteiger partial charge in [0.05, 0.1) is 12.1 Å². The van der Waals surface area contributed by atoms with Crippen LogP contribution < -0.4 is 5.56 Å². The lowest BCUT2D eigenvalue weighted by atomic mass is 10.5. The van der Waals surface area contributed by atoms with E-state index in [1.807, 2.05) is 10.8 Å². The molecule has 0 atom stereocenters. The summed E-state index contributed by atoms with van der Waals surface area (Å²) < 4.78 is 3.65. The van der Waals surface area contributed by atoms with Gasteiger partial charge < -0.3 is 14.2 Å². The number of hydrogen-bond donors (Lipinski definition) is 1. The molecule has 0 saturated heterocycles. The van der Waals surface area contributed by atoms with Crippen molar-refractivity contribution >= 4 is 17.7 Å². The topological polar surface area (TPSA) is 90.0 Å². The third-order valence-corrected chi connectivity index (χ3v) is 3.31. The van der Waals surface area contributed by atoms with Gasteiger partial charge >= 0.3 is 5.97 Å². The first-order chi connectivity index (χ1) is 9.15. The lowest BCUT2D eigenvalue weighted by Crippen LogP contribution is -2.16. The Morgan fingerprint density at radius 1 is 1.37 bits per heavy atom. The summed E-state index contributed by atoms with van der Waals surface area (Å²) in [7, 11) is 0. The summed E-state index contributed by atoms with van der Waals surface area (Å²) in [6.07, 6.45) is 6.83. The Bertz CT molecular complexity index is 609. The molecule has 19 heavy (non-hydrogen) atoms. The number of aryl methyl sites for hydroxylation is 2. The third kappa shape index (κ3) is 3.95. The molecule has 0 unspecified atom stereocenters. The van der Waals surface area contributed by atoms with E-state index in [0.29, 0.717) is 18.2 Å². The molecule has 0 radical (unpaired) electrons. The van der Waals surface area contributed by atoms with Gasteiger partial charge in [0.2, 0.25) is 0 Å². The van der Waals surface area contributed by atoms with Crippen molar-refractivity contribution in [1.82, 2.24) is 19.1 Å². The molecule has 2 heterocycles. The van der Waals surface area contributed by atoms with E-state index in [1.165, 1.54) is 6.07 Å². The Balaban J connectivity index is 2.09. The van der Waals surface area contributed by atoms with Crippen molar-refractivity contribution < 1.29 is 9.90 Å². The summed E-state index contributed by atoms with van der Waals surface area (Å²) >= 11 is 1.03. The molecule has 0 aliphatic carbocycles. The highest BCUT2D eigenvalue weighted by Gasteiger charge is 2.06. The second kappa shape index (κ2) is 6.19. The maximum Gasteiger partial charge on any atom is 0.313 e. The fourth-order valence-electron chi connectivity index (χ4n) is 1.47. The van der Waals surface area contributed by atoms with Crippen LogP contribution in [-0.4, -0.2) is 35.9 Å². The highest BCUT2D eigenvalue weighted by molar-refractivity contribution is 7.99. The summed E-state index contributed by atoms with van der Waals surface area (Å²) in [5, 5.41) is 9.08. The Hall–Kier alpha value is -2.09. The molecular weight excluding hydrogens is 268 g/mol. The molecule has 0 aliphatic heterocycles. The van der Waals surface area contributed by atoms with Crippen molar-refractivity contribution in [3.63, 3.8) is 0 Å². The van der Waals surface area contributed by atoms with Gasteiger partial charge in [0.15, 0.2) is 5.16 Å². The molecule has 2 aromatic rings. The van der Waals surface area contributed by atoms with E-state index in [2.05, 4.69) is 9.97 Å². The maximum atomic E-state index is 11.2. The molecule has 0 saturated carbocycles. The molecular formula is C11H12N4O3S. The first-order valence-electron chi connectivity index (χ1n) is 5.53. The summed E-state index contributed by atoms with van der Waals surface area (Å²) in [5.74, 6) is -1.06. The van der Waals surface area contributed by atoms with E-state index in [1.54, 1.807) is 23.3 Å². The Morgan fingerprint density at radius 3 is 2.89 bits per heavy atom. The fraction of sp³-hybridized carbons (Fsp3) is 0.273. The van der Waals surface area contributed by atoms with Crippen LogP contribution in [-0.2, 0) is 17.9 Å². The number of hydrogen-bond acceptors (Lipinski definition) is 5. The van der Waals surface area contributed by atoms with Crippen LogP contribution in [0.2, 0.25) is 0 Å². The predicted octanol–water partition coefficient (Wildman–Crippen LogP) is 0.317. The van der Waals surface area contributed by atoms with Gasteiger partial charge in [0.1, 0.15) is 0 Å². The fourth-order valence-corrected chi connectivity index (χ4v) is 2.19. The number of carboxylic acid groups (broad SMARTS) is 1. The third-order valence-electron chi connectivity index (χ3n) is 2.33. The number of thioether (sulfide) groups is 1. The molecule has 8 heteroatoms. The number of imidazole rings is 1. The van der Waals surface area contributed by atoms with E-state index in [4.69, 9.17) is 5.11 Å². The van der Waals surface area contributed by atoms with Crippen LogP contribution in [0.1, 0.15) is 0 Å². The quantitative estimate of drug-likeness (QED) is 0.605. The van der Waals surface area contributed by atoms with Gasteiger partial charge in [-0.05, 0) is 0 Å². The number of aromatic nitrogens is 4. The Morgan fingerprint density at radius 2 is 2.21 bits per heavy atom. The van der Waals surface area contributed by atoms with Gasteiger partial charge in [-0.1, -0.05) is 11.8 Å². The average Bonchev–Trinajstić information content (AvgIpc) is 2.88. The molecule has 2 rings (SSSR count). The van der Waals surface area contributed by atoms with Gasteiger partial charge in [-0.15, -0.1) is 0 Å². The van der Waals surface area contributed by atoms with Crippen molar-refractivity contribution in [2.24, 2.45) is 0 Å². The number of rotatable bonds is 6. The predicted molar refractivity (Wildman–Crippen MR) is 69.1 cm³/mol. The maximum absolute atomic E-state index is 11.2. The first kappa shape index (κ1) is 13.3. The van der Waals surface area contributed by atoms with Crippen LogP contribution in [0.4, 0.5) is 0 Å². The van der Waals surface area contributed by atoms with E-state index in [-0.39, 0.29) is 11.3 Å². The number of carboxylic acids is 1. The van der Waals surface area contributed by atoms with Gasteiger partial charge in [0, 0.05) is 37.7 Å². The van der Waals surface area contributed by atoms with Crippen LogP contribution >= 0.6 is 11.8 Å². The Kier molecular flexibility index (Phi) is 4.35. The summed E-state index contributed by atoms with van der Waals surface area (Å²) in [6.45, 7) is 1.26. The van der Waals surface area contributed by atoms with Crippen molar-refractivity contribution in [2.45, 2.75) is 18.2 Å². The molecule has 0 fully saturated rings. The molecule has 0 aromatic carbocycles.